The molecule has 1 nitrogen and oxygen atoms in total. The van der Waals surface area contributed by atoms with Crippen LogP contribution in [0.1, 0.15) is 80.5 Å². The largest absolute Gasteiger partial charge is 0.508 e. The van der Waals surface area contributed by atoms with Gasteiger partial charge in [0, 0.05) is 0 Å². The lowest BCUT2D eigenvalue weighted by Gasteiger charge is -2.14. The molecule has 0 aliphatic carbocycles. The van der Waals surface area contributed by atoms with Crippen LogP contribution in [0.2, 0.25) is 0 Å². The molecule has 0 fully saturated rings. The number of hydrogen-bond acceptors (Lipinski definition) is 1. The second-order valence-electron chi connectivity index (χ2n) is 5.46. The molecule has 0 aliphatic heterocycles. The number of phenolic OH excluding ortho intramolecular Hbond substituents is 1. The average molecular weight is 345 g/mol. The van der Waals surface area contributed by atoms with Crippen LogP contribution in [0.25, 0.3) is 0 Å². The van der Waals surface area contributed by atoms with Gasteiger partial charge < -0.3 is 5.11 Å². The summed E-state index contributed by atoms with van der Waals surface area (Å²) in [5.41, 5.74) is 8.95. The lowest BCUT2D eigenvalue weighted by Crippen LogP contribution is -1.99. The molecule has 2 aromatic rings. The van der Waals surface area contributed by atoms with Crippen molar-refractivity contribution in [3.63, 3.8) is 0 Å². The highest BCUT2D eigenvalue weighted by molar-refractivity contribution is 5.47. The number of hydrogen-bond donors (Lipinski definition) is 1. The maximum atomic E-state index is 9.73. The summed E-state index contributed by atoms with van der Waals surface area (Å²) in [5, 5.41) is 9.73. The van der Waals surface area contributed by atoms with Gasteiger partial charge in [-0.05, 0) is 86.1 Å². The molecule has 0 saturated heterocycles. The van der Waals surface area contributed by atoms with Crippen molar-refractivity contribution in [1.82, 2.24) is 0 Å². The second kappa shape index (κ2) is 13.5. The lowest BCUT2D eigenvalue weighted by molar-refractivity contribution is 0.470. The van der Waals surface area contributed by atoms with Crippen LogP contribution in [0, 0.1) is 34.6 Å². The Kier molecular flexibility index (Phi) is 13.8. The normalized spacial score (nSPS) is 8.92. The van der Waals surface area contributed by atoms with E-state index in [-0.39, 0.29) is 0 Å². The van der Waals surface area contributed by atoms with E-state index < -0.39 is 0 Å². The Labute approximate surface area is 157 Å². The van der Waals surface area contributed by atoms with Crippen molar-refractivity contribution in [3.8, 4) is 5.75 Å². The van der Waals surface area contributed by atoms with Crippen LogP contribution < -0.4 is 0 Å². The minimum atomic E-state index is 0.387. The van der Waals surface area contributed by atoms with E-state index >= 15 is 0 Å². The molecule has 0 heterocycles. The predicted molar refractivity (Wildman–Crippen MR) is 115 cm³/mol. The fourth-order valence-electron chi connectivity index (χ4n) is 2.46. The van der Waals surface area contributed by atoms with Crippen LogP contribution in [-0.4, -0.2) is 5.11 Å². The quantitative estimate of drug-likeness (QED) is 0.594. The van der Waals surface area contributed by atoms with Crippen molar-refractivity contribution in [3.05, 3.63) is 63.2 Å². The van der Waals surface area contributed by atoms with Gasteiger partial charge >= 0.3 is 0 Å². The summed E-state index contributed by atoms with van der Waals surface area (Å²) in [6.07, 6.45) is 0.930. The van der Waals surface area contributed by atoms with Crippen molar-refractivity contribution < 1.29 is 5.11 Å². The van der Waals surface area contributed by atoms with Crippen LogP contribution in [0.4, 0.5) is 0 Å². The van der Waals surface area contributed by atoms with E-state index in [1.165, 1.54) is 33.4 Å². The topological polar surface area (TPSA) is 20.2 Å². The molecule has 0 bridgehead atoms. The summed E-state index contributed by atoms with van der Waals surface area (Å²) in [6, 6.07) is 8.25. The molecule has 0 spiro atoms. The molecule has 0 unspecified atom stereocenters. The van der Waals surface area contributed by atoms with Gasteiger partial charge in [-0.25, -0.2) is 0 Å². The smallest absolute Gasteiger partial charge is 0.118 e. The average Bonchev–Trinajstić information content (AvgIpc) is 2.67. The Bertz CT molecular complexity index is 569. The molecule has 1 heteroatoms. The van der Waals surface area contributed by atoms with Gasteiger partial charge in [0.2, 0.25) is 0 Å². The summed E-state index contributed by atoms with van der Waals surface area (Å²) in [4.78, 5) is 0. The third-order valence-corrected chi connectivity index (χ3v) is 4.42. The van der Waals surface area contributed by atoms with Crippen molar-refractivity contribution >= 4 is 0 Å². The van der Waals surface area contributed by atoms with E-state index in [0.29, 0.717) is 5.75 Å². The molecular weight excluding hydrogens is 304 g/mol. The maximum absolute atomic E-state index is 9.73. The van der Waals surface area contributed by atoms with E-state index in [4.69, 9.17) is 0 Å². The number of aromatic hydroxyl groups is 1. The molecule has 0 aliphatic rings. The van der Waals surface area contributed by atoms with Crippen molar-refractivity contribution in [2.24, 2.45) is 0 Å². The number of rotatable bonds is 2. The fraction of sp³-hybridized carbons (Fsp3) is 0.500. The number of benzene rings is 2. The maximum Gasteiger partial charge on any atom is 0.118 e. The first-order chi connectivity index (χ1) is 11.9. The summed E-state index contributed by atoms with van der Waals surface area (Å²) in [5.74, 6) is 0.387. The Balaban J connectivity index is 0. The van der Waals surface area contributed by atoms with Crippen LogP contribution in [0.15, 0.2) is 24.3 Å². The van der Waals surface area contributed by atoms with E-state index in [9.17, 15) is 5.11 Å². The highest BCUT2D eigenvalue weighted by Gasteiger charge is 2.09. The van der Waals surface area contributed by atoms with Gasteiger partial charge in [0.15, 0.2) is 0 Å². The molecular formula is C24H40O. The van der Waals surface area contributed by atoms with Gasteiger partial charge in [-0.1, -0.05) is 59.7 Å². The highest BCUT2D eigenvalue weighted by Crippen LogP contribution is 2.26. The zero-order chi connectivity index (χ0) is 20.2. The van der Waals surface area contributed by atoms with E-state index in [0.717, 1.165) is 12.0 Å². The Morgan fingerprint density at radius 1 is 0.560 bits per heavy atom. The van der Waals surface area contributed by atoms with Gasteiger partial charge in [-0.2, -0.15) is 0 Å². The van der Waals surface area contributed by atoms with E-state index in [2.05, 4.69) is 39.8 Å². The SMILES string of the molecule is CC.CC.CC.Cc1ccc(Cc2ccc(O)c(C)c2C)c(C)c1C. The standard InChI is InChI=1S/C18H22O.3C2H6/c1-11-6-7-16(13(3)12(11)2)10-17-8-9-18(19)15(5)14(17)4;3*1-2/h6-9,19H,10H2,1-5H3;3*1-2H3. The van der Waals surface area contributed by atoms with E-state index in [1.807, 2.05) is 54.5 Å². The van der Waals surface area contributed by atoms with Crippen LogP contribution in [0.5, 0.6) is 5.75 Å². The molecule has 0 amide bonds. The predicted octanol–water partition coefficient (Wildman–Crippen LogP) is 7.60. The molecule has 0 aromatic heterocycles. The number of aryl methyl sites for hydroxylation is 1. The molecule has 142 valence electrons. The van der Waals surface area contributed by atoms with E-state index in [1.54, 1.807) is 6.07 Å². The second-order valence-corrected chi connectivity index (χ2v) is 5.46. The summed E-state index contributed by atoms with van der Waals surface area (Å²) < 4.78 is 0. The van der Waals surface area contributed by atoms with Gasteiger partial charge in [0.05, 0.1) is 0 Å². The molecule has 2 rings (SSSR count). The molecule has 2 aromatic carbocycles. The summed E-state index contributed by atoms with van der Waals surface area (Å²) in [6.45, 7) is 22.6. The van der Waals surface area contributed by atoms with Crippen LogP contribution >= 0.6 is 0 Å². The van der Waals surface area contributed by atoms with Crippen molar-refractivity contribution in [1.29, 1.82) is 0 Å². The monoisotopic (exact) mass is 344 g/mol. The summed E-state index contributed by atoms with van der Waals surface area (Å²) in [7, 11) is 0. The van der Waals surface area contributed by atoms with Crippen LogP contribution in [0.3, 0.4) is 0 Å². The van der Waals surface area contributed by atoms with Gasteiger partial charge in [0.1, 0.15) is 5.75 Å². The Morgan fingerprint density at radius 3 is 1.44 bits per heavy atom. The number of phenols is 1. The summed E-state index contributed by atoms with van der Waals surface area (Å²) >= 11 is 0. The van der Waals surface area contributed by atoms with Gasteiger partial charge in [-0.3, -0.25) is 0 Å². The molecule has 0 saturated carbocycles. The first-order valence-electron chi connectivity index (χ1n) is 9.75. The van der Waals surface area contributed by atoms with Crippen molar-refractivity contribution in [2.45, 2.75) is 82.6 Å². The minimum Gasteiger partial charge on any atom is -0.508 e. The lowest BCUT2D eigenvalue weighted by atomic mass is 9.91. The third kappa shape index (κ3) is 6.94. The first-order valence-corrected chi connectivity index (χ1v) is 9.75. The third-order valence-electron chi connectivity index (χ3n) is 4.42. The Hall–Kier alpha value is -1.76. The molecule has 1 N–H and O–H groups in total. The molecule has 0 atom stereocenters. The molecule has 0 radical (unpaired) electrons. The zero-order valence-electron chi connectivity index (χ0n) is 18.5. The van der Waals surface area contributed by atoms with Gasteiger partial charge in [0.25, 0.3) is 0 Å². The van der Waals surface area contributed by atoms with Crippen molar-refractivity contribution in [2.75, 3.05) is 0 Å². The first kappa shape index (κ1) is 25.5. The highest BCUT2D eigenvalue weighted by atomic mass is 16.3. The Morgan fingerprint density at radius 2 is 0.960 bits per heavy atom. The van der Waals surface area contributed by atoms with Gasteiger partial charge in [-0.15, -0.1) is 0 Å². The zero-order valence-corrected chi connectivity index (χ0v) is 18.5. The van der Waals surface area contributed by atoms with Crippen LogP contribution in [-0.2, 0) is 6.42 Å². The minimum absolute atomic E-state index is 0.387. The molecule has 25 heavy (non-hydrogen) atoms. The fourth-order valence-corrected chi connectivity index (χ4v) is 2.46.